The van der Waals surface area contributed by atoms with Crippen LogP contribution in [0.25, 0.3) is 0 Å². The second kappa shape index (κ2) is 9.97. The van der Waals surface area contributed by atoms with E-state index in [1.165, 1.54) is 38.5 Å². The predicted octanol–water partition coefficient (Wildman–Crippen LogP) is 6.23. The Morgan fingerprint density at radius 3 is 1.23 bits per heavy atom. The molecule has 1 fully saturated rings. The first-order chi connectivity index (χ1) is 10.5. The van der Waals surface area contributed by atoms with Crippen molar-refractivity contribution in [2.45, 2.75) is 104 Å². The summed E-state index contributed by atoms with van der Waals surface area (Å²) in [6.45, 7) is 14.8. The fourth-order valence-corrected chi connectivity index (χ4v) is 19.7. The number of hydrogen-bond acceptors (Lipinski definition) is 1. The summed E-state index contributed by atoms with van der Waals surface area (Å²) in [5.74, 6) is 1.93. The molecule has 1 nitrogen and oxygen atoms in total. The van der Waals surface area contributed by atoms with E-state index in [4.69, 9.17) is 0 Å². The van der Waals surface area contributed by atoms with Crippen LogP contribution in [-0.4, -0.2) is 45.5 Å². The van der Waals surface area contributed by atoms with Gasteiger partial charge in [-0.2, -0.15) is 0 Å². The molecule has 6 unspecified atom stereocenters. The van der Waals surface area contributed by atoms with E-state index in [2.05, 4.69) is 58.2 Å². The standard InChI is InChI=1S/C19H39N.CH3.In/c1-8-14-16(10-3)18(12-5)20(7)19(13-6)17(11-4)15-9-2;;/h14-19H,8-13H2,1-7H3;1H3;. The molecule has 0 radical (unpaired) electrons. The Kier molecular flexibility index (Phi) is 9.46. The van der Waals surface area contributed by atoms with E-state index in [1.54, 1.807) is 0 Å². The Bertz CT molecular complexity index is 252. The summed E-state index contributed by atoms with van der Waals surface area (Å²) >= 11 is -1.52. The van der Waals surface area contributed by atoms with Crippen molar-refractivity contribution in [3.8, 4) is 0 Å². The van der Waals surface area contributed by atoms with E-state index in [-0.39, 0.29) is 0 Å². The van der Waals surface area contributed by atoms with Gasteiger partial charge in [0.1, 0.15) is 0 Å². The molecule has 1 saturated heterocycles. The van der Waals surface area contributed by atoms with E-state index in [1.807, 2.05) is 0 Å². The zero-order valence-corrected chi connectivity index (χ0v) is 20.0. The summed E-state index contributed by atoms with van der Waals surface area (Å²) < 4.78 is 5.01. The topological polar surface area (TPSA) is 3.24 Å². The van der Waals surface area contributed by atoms with Gasteiger partial charge in [0, 0.05) is 0 Å². The Morgan fingerprint density at radius 2 is 1.00 bits per heavy atom. The van der Waals surface area contributed by atoms with Gasteiger partial charge in [-0.3, -0.25) is 0 Å². The van der Waals surface area contributed by atoms with Crippen molar-refractivity contribution >= 4 is 21.4 Å². The molecule has 0 saturated carbocycles. The van der Waals surface area contributed by atoms with Crippen LogP contribution in [-0.2, 0) is 0 Å². The van der Waals surface area contributed by atoms with E-state index >= 15 is 0 Å². The molecule has 1 aliphatic rings. The maximum atomic E-state index is 2.84. The molecule has 0 N–H and O–H groups in total. The van der Waals surface area contributed by atoms with Crippen molar-refractivity contribution in [1.29, 1.82) is 0 Å². The summed E-state index contributed by atoms with van der Waals surface area (Å²) in [5, 5.41) is 0. The van der Waals surface area contributed by atoms with Crippen molar-refractivity contribution in [3.05, 3.63) is 0 Å². The predicted molar refractivity (Wildman–Crippen MR) is 103 cm³/mol. The average molecular weight is 411 g/mol. The molecule has 2 heteroatoms. The van der Waals surface area contributed by atoms with E-state index < -0.39 is 21.4 Å². The van der Waals surface area contributed by atoms with Crippen LogP contribution in [0.5, 0.6) is 0 Å². The molecule has 22 heavy (non-hydrogen) atoms. The maximum absolute atomic E-state index is 2.84. The molecule has 0 aliphatic carbocycles. The van der Waals surface area contributed by atoms with Crippen molar-refractivity contribution in [2.75, 3.05) is 7.05 Å². The van der Waals surface area contributed by atoms with E-state index in [9.17, 15) is 0 Å². The summed E-state index contributed by atoms with van der Waals surface area (Å²) in [4.78, 5) is 2.84. The first-order valence-electron chi connectivity index (χ1n) is 10.2. The molecule has 1 rings (SSSR count). The van der Waals surface area contributed by atoms with Crippen LogP contribution in [0.15, 0.2) is 0 Å². The van der Waals surface area contributed by atoms with Crippen LogP contribution in [0.1, 0.15) is 80.1 Å². The first-order valence-corrected chi connectivity index (χ1v) is 17.3. The third-order valence-electron chi connectivity index (χ3n) is 7.21. The molecular weight excluding hydrogens is 369 g/mol. The van der Waals surface area contributed by atoms with Gasteiger partial charge >= 0.3 is 149 Å². The number of rotatable bonds is 6. The molecule has 0 aromatic rings. The second-order valence-corrected chi connectivity index (χ2v) is 17.6. The van der Waals surface area contributed by atoms with Gasteiger partial charge in [0.2, 0.25) is 0 Å². The molecule has 1 heterocycles. The Balaban J connectivity index is 3.31. The van der Waals surface area contributed by atoms with Crippen LogP contribution in [0, 0.1) is 11.8 Å². The van der Waals surface area contributed by atoms with Gasteiger partial charge in [-0.05, 0) is 0 Å². The van der Waals surface area contributed by atoms with Crippen molar-refractivity contribution in [3.63, 3.8) is 0 Å². The fourth-order valence-electron chi connectivity index (χ4n) is 6.20. The quantitative estimate of drug-likeness (QED) is 0.501. The van der Waals surface area contributed by atoms with Gasteiger partial charge in [0.25, 0.3) is 0 Å². The molecule has 1 aliphatic heterocycles. The normalized spacial score (nSPS) is 37.9. The summed E-state index contributed by atoms with van der Waals surface area (Å²) in [5.41, 5.74) is 0. The van der Waals surface area contributed by atoms with Gasteiger partial charge in [0.05, 0.1) is 0 Å². The number of hydrogen-bond donors (Lipinski definition) is 0. The summed E-state index contributed by atoms with van der Waals surface area (Å²) in [6.07, 6.45) is 8.37. The SMILES string of the molecule is CCC1C(CC)N(C)C(CC)C(CC)[CH](CC)[In]([CH3])[CH]1CC. The zero-order valence-electron chi connectivity index (χ0n) is 16.7. The molecule has 6 atom stereocenters. The second-order valence-electron chi connectivity index (χ2n) is 7.76. The van der Waals surface area contributed by atoms with Crippen LogP contribution < -0.4 is 0 Å². The van der Waals surface area contributed by atoms with Crippen molar-refractivity contribution in [2.24, 2.45) is 11.8 Å². The van der Waals surface area contributed by atoms with Gasteiger partial charge in [-0.15, -0.1) is 0 Å². The number of nitrogens with zero attached hydrogens (tertiary/aromatic N) is 1. The molecule has 0 aromatic carbocycles. The van der Waals surface area contributed by atoms with Crippen LogP contribution in [0.4, 0.5) is 0 Å². The Morgan fingerprint density at radius 1 is 0.636 bits per heavy atom. The van der Waals surface area contributed by atoms with Gasteiger partial charge < -0.3 is 0 Å². The summed E-state index contributed by atoms with van der Waals surface area (Å²) in [6, 6.07) is 1.65. The van der Waals surface area contributed by atoms with E-state index in [0.29, 0.717) is 0 Å². The third kappa shape index (κ3) is 4.08. The monoisotopic (exact) mass is 411 g/mol. The van der Waals surface area contributed by atoms with Gasteiger partial charge in [-0.1, -0.05) is 0 Å². The Hall–Kier alpha value is 0.830. The molecule has 0 amide bonds. The van der Waals surface area contributed by atoms with Gasteiger partial charge in [0.15, 0.2) is 0 Å². The third-order valence-corrected chi connectivity index (χ3v) is 20.4. The summed E-state index contributed by atoms with van der Waals surface area (Å²) in [7, 11) is 2.46. The molecule has 0 spiro atoms. The minimum absolute atomic E-state index is 0.825. The van der Waals surface area contributed by atoms with Crippen LogP contribution >= 0.6 is 0 Å². The molecule has 0 aromatic heterocycles. The molecule has 130 valence electrons. The van der Waals surface area contributed by atoms with Crippen molar-refractivity contribution in [1.82, 2.24) is 4.90 Å². The fraction of sp³-hybridized carbons (Fsp3) is 1.00. The molecule has 0 bridgehead atoms. The first kappa shape index (κ1) is 20.9. The van der Waals surface area contributed by atoms with Crippen LogP contribution in [0.2, 0.25) is 12.0 Å². The average Bonchev–Trinajstić information content (AvgIpc) is 2.53. The van der Waals surface area contributed by atoms with E-state index in [0.717, 1.165) is 31.3 Å². The Labute approximate surface area is 149 Å². The zero-order chi connectivity index (χ0) is 16.9. The van der Waals surface area contributed by atoms with Crippen molar-refractivity contribution < 1.29 is 0 Å². The minimum atomic E-state index is -1.52. The molecular formula is C20H42InN. The van der Waals surface area contributed by atoms with Gasteiger partial charge in [-0.25, -0.2) is 0 Å². The van der Waals surface area contributed by atoms with Crippen LogP contribution in [0.3, 0.4) is 0 Å².